The zero-order valence-electron chi connectivity index (χ0n) is 32.5. The van der Waals surface area contributed by atoms with Crippen LogP contribution in [0.15, 0.2) is 36.0 Å². The molecule has 0 bridgehead atoms. The molecule has 50 heavy (non-hydrogen) atoms. The number of hydrogen-bond donors (Lipinski definition) is 6. The number of epoxide rings is 1. The molecule has 1 fully saturated rings. The van der Waals surface area contributed by atoms with E-state index >= 15 is 0 Å². The Morgan fingerprint density at radius 2 is 1.84 bits per heavy atom. The summed E-state index contributed by atoms with van der Waals surface area (Å²) in [5.41, 5.74) is -1.82. The van der Waals surface area contributed by atoms with Gasteiger partial charge in [-0.25, -0.2) is 4.79 Å². The standard InChI is InChI=1S/C39H68N2O9/c1-12-29(43)27(4)34-30(48-34)23-38(10,46)18-13-14-25(2)33-26(3)15-16-31(39(11,47)19-17-28(42)22-32(44)50-33)49-35(45)41-21-20-40-24-37(8,9)36(5,6)7/h13-16,18,26-31,33-34,40,42-43,46-47H,12,17,19-24H2,1-11H3,(H,41,45)/b16-15+,18-13+,25-14+. The first-order valence-corrected chi connectivity index (χ1v) is 18.3. The van der Waals surface area contributed by atoms with Crippen LogP contribution in [0.2, 0.25) is 0 Å². The molecular formula is C39H68N2O9. The smallest absolute Gasteiger partial charge is 0.407 e. The van der Waals surface area contributed by atoms with Crippen molar-refractivity contribution in [3.05, 3.63) is 36.0 Å². The van der Waals surface area contributed by atoms with E-state index in [4.69, 9.17) is 14.2 Å². The lowest BCUT2D eigenvalue weighted by Crippen LogP contribution is -2.45. The number of esters is 1. The minimum Gasteiger partial charge on any atom is -0.457 e. The van der Waals surface area contributed by atoms with E-state index in [2.05, 4.69) is 45.3 Å². The first kappa shape index (κ1) is 43.9. The predicted octanol–water partition coefficient (Wildman–Crippen LogP) is 4.96. The Hall–Kier alpha value is -2.28. The molecular weight excluding hydrogens is 640 g/mol. The van der Waals surface area contributed by atoms with Gasteiger partial charge in [-0.3, -0.25) is 4.79 Å². The number of alkyl carbamates (subject to hydrolysis) is 1. The van der Waals surface area contributed by atoms with Gasteiger partial charge in [0.05, 0.1) is 36.4 Å². The Bertz CT molecular complexity index is 1190. The summed E-state index contributed by atoms with van der Waals surface area (Å²) < 4.78 is 17.3. The summed E-state index contributed by atoms with van der Waals surface area (Å²) in [6.07, 6.45) is 5.29. The fourth-order valence-corrected chi connectivity index (χ4v) is 5.88. The molecule has 1 amide bonds. The number of hydrogen-bond acceptors (Lipinski definition) is 10. The highest BCUT2D eigenvalue weighted by atomic mass is 16.6. The largest absolute Gasteiger partial charge is 0.457 e. The lowest BCUT2D eigenvalue weighted by atomic mass is 9.69. The van der Waals surface area contributed by atoms with Crippen molar-refractivity contribution in [1.82, 2.24) is 10.6 Å². The van der Waals surface area contributed by atoms with E-state index < -0.39 is 53.6 Å². The van der Waals surface area contributed by atoms with E-state index in [-0.39, 0.29) is 48.2 Å². The molecule has 1 saturated heterocycles. The maximum Gasteiger partial charge on any atom is 0.407 e. The number of amides is 1. The molecule has 0 aromatic heterocycles. The topological polar surface area (TPSA) is 170 Å². The summed E-state index contributed by atoms with van der Waals surface area (Å²) in [5, 5.41) is 49.3. The van der Waals surface area contributed by atoms with Gasteiger partial charge in [-0.15, -0.1) is 0 Å². The summed E-state index contributed by atoms with van der Waals surface area (Å²) in [4.78, 5) is 25.7. The third-order valence-corrected chi connectivity index (χ3v) is 10.8. The minimum absolute atomic E-state index is 0.0164. The molecule has 2 aliphatic heterocycles. The summed E-state index contributed by atoms with van der Waals surface area (Å²) >= 11 is 0. The van der Waals surface area contributed by atoms with E-state index in [1.807, 2.05) is 27.7 Å². The number of rotatable bonds is 14. The molecule has 2 heterocycles. The van der Waals surface area contributed by atoms with Gasteiger partial charge in [0.15, 0.2) is 6.10 Å². The van der Waals surface area contributed by atoms with Gasteiger partial charge in [0.2, 0.25) is 0 Å². The molecule has 0 spiro atoms. The number of nitrogens with one attached hydrogen (secondary N) is 2. The molecule has 6 N–H and O–H groups in total. The van der Waals surface area contributed by atoms with Crippen LogP contribution in [0.4, 0.5) is 4.79 Å². The van der Waals surface area contributed by atoms with Crippen LogP contribution in [0.25, 0.3) is 0 Å². The van der Waals surface area contributed by atoms with Gasteiger partial charge < -0.3 is 45.3 Å². The van der Waals surface area contributed by atoms with Crippen molar-refractivity contribution in [3.63, 3.8) is 0 Å². The molecule has 11 nitrogen and oxygen atoms in total. The highest BCUT2D eigenvalue weighted by Gasteiger charge is 2.47. The van der Waals surface area contributed by atoms with E-state index in [0.29, 0.717) is 31.5 Å². The molecule has 2 rings (SSSR count). The van der Waals surface area contributed by atoms with E-state index in [0.717, 1.165) is 6.54 Å². The third kappa shape index (κ3) is 14.0. The van der Waals surface area contributed by atoms with Crippen LogP contribution >= 0.6 is 0 Å². The second-order valence-electron chi connectivity index (χ2n) is 16.8. The summed E-state index contributed by atoms with van der Waals surface area (Å²) in [6.45, 7) is 23.4. The monoisotopic (exact) mass is 708 g/mol. The summed E-state index contributed by atoms with van der Waals surface area (Å²) in [5.74, 6) is -0.982. The molecule has 11 heteroatoms. The number of cyclic esters (lactones) is 1. The number of allylic oxidation sites excluding steroid dienone is 2. The second-order valence-corrected chi connectivity index (χ2v) is 16.8. The summed E-state index contributed by atoms with van der Waals surface area (Å²) in [7, 11) is 0. The molecule has 10 unspecified atom stereocenters. The molecule has 0 aromatic rings. The molecule has 0 aliphatic carbocycles. The van der Waals surface area contributed by atoms with Gasteiger partial charge in [0, 0.05) is 37.9 Å². The quantitative estimate of drug-likeness (QED) is 0.0477. The van der Waals surface area contributed by atoms with E-state index in [1.54, 1.807) is 44.2 Å². The Kier molecular flexibility index (Phi) is 16.2. The van der Waals surface area contributed by atoms with Crippen LogP contribution in [0.5, 0.6) is 0 Å². The lowest BCUT2D eigenvalue weighted by molar-refractivity contribution is -0.151. The fraction of sp³-hybridized carbons (Fsp3) is 0.795. The van der Waals surface area contributed by atoms with Crippen molar-refractivity contribution >= 4 is 12.1 Å². The Morgan fingerprint density at radius 1 is 1.18 bits per heavy atom. The Morgan fingerprint density at radius 3 is 2.46 bits per heavy atom. The zero-order chi connectivity index (χ0) is 38.1. The van der Waals surface area contributed by atoms with Crippen LogP contribution in [0.1, 0.15) is 108 Å². The Labute approximate surface area is 300 Å². The molecule has 0 radical (unpaired) electrons. The van der Waals surface area contributed by atoms with E-state index in [9.17, 15) is 30.0 Å². The lowest BCUT2D eigenvalue weighted by Gasteiger charge is -2.39. The van der Waals surface area contributed by atoms with Gasteiger partial charge in [-0.1, -0.05) is 79.7 Å². The van der Waals surface area contributed by atoms with Crippen LogP contribution in [0.3, 0.4) is 0 Å². The zero-order valence-corrected chi connectivity index (χ0v) is 32.5. The molecule has 10 atom stereocenters. The Balaban J connectivity index is 2.12. The highest BCUT2D eigenvalue weighted by Crippen LogP contribution is 2.38. The molecule has 2 aliphatic rings. The van der Waals surface area contributed by atoms with Crippen molar-refractivity contribution in [2.45, 2.75) is 156 Å². The van der Waals surface area contributed by atoms with Crippen LogP contribution in [-0.4, -0.2) is 99.9 Å². The first-order valence-electron chi connectivity index (χ1n) is 18.3. The third-order valence-electron chi connectivity index (χ3n) is 10.8. The first-order chi connectivity index (χ1) is 23.0. The predicted molar refractivity (Wildman–Crippen MR) is 195 cm³/mol. The van der Waals surface area contributed by atoms with Crippen LogP contribution in [0, 0.1) is 22.7 Å². The van der Waals surface area contributed by atoms with Crippen molar-refractivity contribution in [1.29, 1.82) is 0 Å². The van der Waals surface area contributed by atoms with E-state index in [1.165, 1.54) is 0 Å². The molecule has 0 saturated carbocycles. The van der Waals surface area contributed by atoms with Gasteiger partial charge in [0.25, 0.3) is 0 Å². The minimum atomic E-state index is -1.52. The SMILES string of the molecule is CCC(O)C(C)C1OC1CC(C)(O)/C=C/C=C(\C)C1OC(=O)CC(O)CCC(C)(O)C(OC(=O)NCCNCC(C)(C)C(C)(C)C)/C=C/C1C. The maximum atomic E-state index is 12.8. The fourth-order valence-electron chi connectivity index (χ4n) is 5.88. The number of aliphatic hydroxyl groups excluding tert-OH is 2. The average molecular weight is 709 g/mol. The van der Waals surface area contributed by atoms with Crippen LogP contribution < -0.4 is 10.6 Å². The van der Waals surface area contributed by atoms with Crippen molar-refractivity contribution in [2.75, 3.05) is 19.6 Å². The number of carbonyl (C=O) groups excluding carboxylic acids is 2. The van der Waals surface area contributed by atoms with Crippen LogP contribution in [-0.2, 0) is 19.0 Å². The van der Waals surface area contributed by atoms with Gasteiger partial charge in [-0.2, -0.15) is 0 Å². The number of carbonyl (C=O) groups is 2. The van der Waals surface area contributed by atoms with Crippen molar-refractivity contribution in [2.24, 2.45) is 22.7 Å². The maximum absolute atomic E-state index is 12.8. The van der Waals surface area contributed by atoms with Crippen molar-refractivity contribution in [3.8, 4) is 0 Å². The van der Waals surface area contributed by atoms with Gasteiger partial charge in [0.1, 0.15) is 11.7 Å². The summed E-state index contributed by atoms with van der Waals surface area (Å²) in [6, 6.07) is 0. The molecule has 288 valence electrons. The van der Waals surface area contributed by atoms with Gasteiger partial charge in [-0.05, 0) is 62.5 Å². The normalized spacial score (nSPS) is 31.8. The number of ether oxygens (including phenoxy) is 3. The number of aliphatic hydroxyl groups is 4. The molecule has 0 aromatic carbocycles. The average Bonchev–Trinajstić information content (AvgIpc) is 3.76. The highest BCUT2D eigenvalue weighted by molar-refractivity contribution is 5.70. The second kappa shape index (κ2) is 18.5. The van der Waals surface area contributed by atoms with Gasteiger partial charge >= 0.3 is 12.1 Å². The van der Waals surface area contributed by atoms with Crippen molar-refractivity contribution < 1.29 is 44.2 Å².